The number of thiophene rings is 1. The molecule has 0 bridgehead atoms. The molecular formula is C31H27NS. The summed E-state index contributed by atoms with van der Waals surface area (Å²) in [4.78, 5) is 2.39. The number of hydrogen-bond acceptors (Lipinski definition) is 2. The molecule has 0 aliphatic rings. The minimum Gasteiger partial charge on any atom is -0.301 e. The van der Waals surface area contributed by atoms with Crippen molar-refractivity contribution < 1.29 is 0 Å². The predicted octanol–water partition coefficient (Wildman–Crippen LogP) is 9.48. The number of rotatable bonds is 5. The van der Waals surface area contributed by atoms with Gasteiger partial charge in [-0.15, -0.1) is 11.3 Å². The Morgan fingerprint density at radius 2 is 1.00 bits per heavy atom. The van der Waals surface area contributed by atoms with Crippen LogP contribution in [0.1, 0.15) is 16.7 Å². The van der Waals surface area contributed by atoms with Gasteiger partial charge in [-0.25, -0.2) is 0 Å². The summed E-state index contributed by atoms with van der Waals surface area (Å²) in [7, 11) is 0. The molecule has 0 amide bonds. The standard InChI is InChI=1S/C31H27NS/c1-22-9-15-25(16-10-22)29-21-33-31(30(29)26-7-5-4-6-8-26)32(27-17-11-23(2)12-18-27)28-19-13-24(3)14-20-28/h4-21H,1-3H3. The second kappa shape index (κ2) is 9.09. The van der Waals surface area contributed by atoms with Crippen LogP contribution in [0.5, 0.6) is 0 Å². The summed E-state index contributed by atoms with van der Waals surface area (Å²) in [6.07, 6.45) is 0. The maximum absolute atomic E-state index is 2.39. The topological polar surface area (TPSA) is 3.24 Å². The first-order valence-electron chi connectivity index (χ1n) is 11.3. The van der Waals surface area contributed by atoms with Crippen molar-refractivity contribution in [3.05, 3.63) is 125 Å². The van der Waals surface area contributed by atoms with Crippen molar-refractivity contribution >= 4 is 27.7 Å². The zero-order chi connectivity index (χ0) is 22.8. The summed E-state index contributed by atoms with van der Waals surface area (Å²) in [5.41, 5.74) is 11.1. The third kappa shape index (κ3) is 4.35. The maximum atomic E-state index is 2.39. The van der Waals surface area contributed by atoms with Gasteiger partial charge in [-0.3, -0.25) is 0 Å². The summed E-state index contributed by atoms with van der Waals surface area (Å²) < 4.78 is 0. The van der Waals surface area contributed by atoms with E-state index in [4.69, 9.17) is 0 Å². The van der Waals surface area contributed by atoms with Gasteiger partial charge in [0, 0.05) is 27.9 Å². The molecule has 0 atom stereocenters. The second-order valence-corrected chi connectivity index (χ2v) is 9.43. The van der Waals surface area contributed by atoms with Crippen molar-refractivity contribution in [2.24, 2.45) is 0 Å². The fraction of sp³-hybridized carbons (Fsp3) is 0.0968. The van der Waals surface area contributed by atoms with Crippen LogP contribution >= 0.6 is 11.3 Å². The first kappa shape index (κ1) is 21.2. The molecule has 5 aromatic rings. The first-order valence-corrected chi connectivity index (χ1v) is 12.2. The molecule has 4 aromatic carbocycles. The van der Waals surface area contributed by atoms with Gasteiger partial charge in [0.15, 0.2) is 0 Å². The van der Waals surface area contributed by atoms with Crippen molar-refractivity contribution in [3.63, 3.8) is 0 Å². The highest BCUT2D eigenvalue weighted by Gasteiger charge is 2.22. The number of nitrogens with zero attached hydrogens (tertiary/aromatic N) is 1. The molecule has 1 aromatic heterocycles. The van der Waals surface area contributed by atoms with Gasteiger partial charge in [0.1, 0.15) is 5.00 Å². The van der Waals surface area contributed by atoms with Crippen molar-refractivity contribution in [1.29, 1.82) is 0 Å². The third-order valence-corrected chi connectivity index (χ3v) is 6.95. The molecule has 1 nitrogen and oxygen atoms in total. The highest BCUT2D eigenvalue weighted by atomic mass is 32.1. The van der Waals surface area contributed by atoms with Gasteiger partial charge in [-0.05, 0) is 56.2 Å². The maximum Gasteiger partial charge on any atom is 0.109 e. The summed E-state index contributed by atoms with van der Waals surface area (Å²) in [6, 6.07) is 37.2. The average molecular weight is 446 g/mol. The van der Waals surface area contributed by atoms with Crippen LogP contribution in [0.3, 0.4) is 0 Å². The van der Waals surface area contributed by atoms with E-state index in [1.807, 2.05) is 0 Å². The smallest absolute Gasteiger partial charge is 0.109 e. The first-order chi connectivity index (χ1) is 16.1. The summed E-state index contributed by atoms with van der Waals surface area (Å²) >= 11 is 1.80. The molecule has 0 spiro atoms. The molecule has 0 aliphatic carbocycles. The molecular weight excluding hydrogens is 418 g/mol. The van der Waals surface area contributed by atoms with Crippen molar-refractivity contribution in [3.8, 4) is 22.3 Å². The van der Waals surface area contributed by atoms with Gasteiger partial charge in [-0.2, -0.15) is 0 Å². The minimum atomic E-state index is 1.17. The fourth-order valence-electron chi connectivity index (χ4n) is 4.11. The number of hydrogen-bond donors (Lipinski definition) is 0. The molecule has 0 radical (unpaired) electrons. The largest absolute Gasteiger partial charge is 0.301 e. The summed E-state index contributed by atoms with van der Waals surface area (Å²) in [5.74, 6) is 0. The molecule has 0 saturated carbocycles. The van der Waals surface area contributed by atoms with Gasteiger partial charge in [0.2, 0.25) is 0 Å². The van der Waals surface area contributed by atoms with Gasteiger partial charge in [0.25, 0.3) is 0 Å². The molecule has 2 heteroatoms. The Balaban J connectivity index is 1.76. The van der Waals surface area contributed by atoms with E-state index < -0.39 is 0 Å². The van der Waals surface area contributed by atoms with E-state index in [-0.39, 0.29) is 0 Å². The van der Waals surface area contributed by atoms with Crippen molar-refractivity contribution in [1.82, 2.24) is 0 Å². The lowest BCUT2D eigenvalue weighted by Crippen LogP contribution is -2.09. The molecule has 33 heavy (non-hydrogen) atoms. The van der Waals surface area contributed by atoms with Crippen LogP contribution in [0, 0.1) is 20.8 Å². The molecule has 0 aliphatic heterocycles. The highest BCUT2D eigenvalue weighted by molar-refractivity contribution is 7.15. The van der Waals surface area contributed by atoms with Crippen LogP contribution < -0.4 is 4.90 Å². The Kier molecular flexibility index (Phi) is 5.85. The fourth-order valence-corrected chi connectivity index (χ4v) is 5.26. The Morgan fingerprint density at radius 3 is 1.52 bits per heavy atom. The van der Waals surface area contributed by atoms with Crippen molar-refractivity contribution in [2.75, 3.05) is 4.90 Å². The summed E-state index contributed by atoms with van der Waals surface area (Å²) in [5, 5.41) is 3.53. The molecule has 0 saturated heterocycles. The van der Waals surface area contributed by atoms with E-state index in [0.717, 1.165) is 0 Å². The lowest BCUT2D eigenvalue weighted by Gasteiger charge is -2.26. The Bertz CT molecular complexity index is 1300. The quantitative estimate of drug-likeness (QED) is 0.260. The van der Waals surface area contributed by atoms with Gasteiger partial charge >= 0.3 is 0 Å². The monoisotopic (exact) mass is 445 g/mol. The van der Waals surface area contributed by atoms with E-state index in [0.29, 0.717) is 0 Å². The molecule has 0 fully saturated rings. The van der Waals surface area contributed by atoms with E-state index in [1.165, 1.54) is 55.3 Å². The van der Waals surface area contributed by atoms with E-state index in [9.17, 15) is 0 Å². The van der Waals surface area contributed by atoms with Gasteiger partial charge in [0.05, 0.1) is 0 Å². The van der Waals surface area contributed by atoms with Crippen molar-refractivity contribution in [2.45, 2.75) is 20.8 Å². The molecule has 5 rings (SSSR count). The normalized spacial score (nSPS) is 10.9. The molecule has 1 heterocycles. The number of benzene rings is 4. The number of aryl methyl sites for hydroxylation is 3. The predicted molar refractivity (Wildman–Crippen MR) is 144 cm³/mol. The van der Waals surface area contributed by atoms with Crippen LogP contribution in [-0.4, -0.2) is 0 Å². The average Bonchev–Trinajstić information content (AvgIpc) is 3.27. The molecule has 0 N–H and O–H groups in total. The summed E-state index contributed by atoms with van der Waals surface area (Å²) in [6.45, 7) is 6.41. The third-order valence-electron chi connectivity index (χ3n) is 5.98. The van der Waals surface area contributed by atoms with Gasteiger partial charge in [-0.1, -0.05) is 95.6 Å². The van der Waals surface area contributed by atoms with Crippen LogP contribution in [-0.2, 0) is 0 Å². The van der Waals surface area contributed by atoms with Crippen LogP contribution in [0.25, 0.3) is 22.3 Å². The number of anilines is 3. The lowest BCUT2D eigenvalue weighted by atomic mass is 9.97. The second-order valence-electron chi connectivity index (χ2n) is 8.57. The molecule has 0 unspecified atom stereocenters. The Hall–Kier alpha value is -3.62. The Morgan fingerprint density at radius 1 is 0.515 bits per heavy atom. The van der Waals surface area contributed by atoms with Gasteiger partial charge < -0.3 is 4.90 Å². The molecule has 162 valence electrons. The van der Waals surface area contributed by atoms with E-state index >= 15 is 0 Å². The van der Waals surface area contributed by atoms with Crippen LogP contribution in [0.2, 0.25) is 0 Å². The van der Waals surface area contributed by atoms with E-state index in [1.54, 1.807) is 11.3 Å². The van der Waals surface area contributed by atoms with Crippen LogP contribution in [0.15, 0.2) is 109 Å². The minimum absolute atomic E-state index is 1.17. The Labute approximate surface area is 200 Å². The SMILES string of the molecule is Cc1ccc(-c2csc(N(c3ccc(C)cc3)c3ccc(C)cc3)c2-c2ccccc2)cc1. The van der Waals surface area contributed by atoms with Crippen LogP contribution in [0.4, 0.5) is 16.4 Å². The lowest BCUT2D eigenvalue weighted by molar-refractivity contribution is 1.29. The zero-order valence-electron chi connectivity index (χ0n) is 19.2. The highest BCUT2D eigenvalue weighted by Crippen LogP contribution is 2.49. The van der Waals surface area contributed by atoms with E-state index in [2.05, 4.69) is 134 Å². The zero-order valence-corrected chi connectivity index (χ0v) is 20.1.